The summed E-state index contributed by atoms with van der Waals surface area (Å²) in [6.45, 7) is 7.50. The summed E-state index contributed by atoms with van der Waals surface area (Å²) in [6, 6.07) is 13.7. The van der Waals surface area contributed by atoms with E-state index in [0.717, 1.165) is 11.1 Å². The van der Waals surface area contributed by atoms with Gasteiger partial charge in [-0.25, -0.2) is 4.21 Å². The number of halogens is 2. The molecule has 1 aliphatic rings. The smallest absolute Gasteiger partial charge is 0.304 e. The molecule has 2 aromatic carbocycles. The maximum absolute atomic E-state index is 14.3. The Hall–Kier alpha value is -2.09. The maximum atomic E-state index is 14.3. The highest BCUT2D eigenvalue weighted by atomic mass is 35.5. The largest absolute Gasteiger partial charge is 0.481 e. The number of amides is 1. The summed E-state index contributed by atoms with van der Waals surface area (Å²) >= 11 is 12.6. The summed E-state index contributed by atoms with van der Waals surface area (Å²) in [5, 5.41) is 10.9. The van der Waals surface area contributed by atoms with E-state index in [1.165, 1.54) is 0 Å². The normalized spacial score (nSPS) is 24.6. The first-order chi connectivity index (χ1) is 17.3. The zero-order chi connectivity index (χ0) is 27.5. The molecule has 6 nitrogen and oxygen atoms in total. The van der Waals surface area contributed by atoms with Gasteiger partial charge in [0, 0.05) is 37.5 Å². The van der Waals surface area contributed by atoms with E-state index >= 15 is 0 Å². The van der Waals surface area contributed by atoms with Crippen LogP contribution in [0, 0.1) is 16.1 Å². The van der Waals surface area contributed by atoms with E-state index < -0.39 is 33.2 Å². The molecule has 202 valence electrons. The molecule has 1 unspecified atom stereocenters. The van der Waals surface area contributed by atoms with Gasteiger partial charge in [-0.15, -0.1) is 0 Å². The predicted molar refractivity (Wildman–Crippen MR) is 150 cm³/mol. The van der Waals surface area contributed by atoms with Gasteiger partial charge < -0.3 is 10.0 Å². The molecule has 5 atom stereocenters. The number of carboxylic acid groups (broad SMARTS) is 1. The molecular formula is C28H36Cl2N2O4S. The lowest BCUT2D eigenvalue weighted by Crippen LogP contribution is -2.58. The number of aliphatic carboxylic acids is 1. The van der Waals surface area contributed by atoms with Crippen molar-refractivity contribution in [3.8, 4) is 0 Å². The summed E-state index contributed by atoms with van der Waals surface area (Å²) in [5.74, 6) is -1.47. The van der Waals surface area contributed by atoms with Crippen LogP contribution in [-0.4, -0.2) is 43.6 Å². The van der Waals surface area contributed by atoms with Crippen LogP contribution < -0.4 is 0 Å². The Balaban J connectivity index is 2.29. The zero-order valence-electron chi connectivity index (χ0n) is 21.7. The van der Waals surface area contributed by atoms with Crippen molar-refractivity contribution in [3.63, 3.8) is 0 Å². The molecule has 2 N–H and O–H groups in total. The Morgan fingerprint density at radius 2 is 1.81 bits per heavy atom. The zero-order valence-corrected chi connectivity index (χ0v) is 24.1. The second-order valence-electron chi connectivity index (χ2n) is 10.7. The Labute approximate surface area is 230 Å². The summed E-state index contributed by atoms with van der Waals surface area (Å²) in [6.07, 6.45) is 0.574. The van der Waals surface area contributed by atoms with Crippen molar-refractivity contribution in [2.24, 2.45) is 11.3 Å². The van der Waals surface area contributed by atoms with Crippen LogP contribution in [0.3, 0.4) is 0 Å². The van der Waals surface area contributed by atoms with E-state index in [2.05, 4.69) is 0 Å². The lowest BCUT2D eigenvalue weighted by Gasteiger charge is -2.52. The molecule has 0 aromatic heterocycles. The number of hydrogen-bond acceptors (Lipinski definition) is 4. The molecule has 0 aliphatic carbocycles. The molecule has 1 heterocycles. The van der Waals surface area contributed by atoms with E-state index in [-0.39, 0.29) is 35.7 Å². The van der Waals surface area contributed by atoms with E-state index in [4.69, 9.17) is 28.0 Å². The fourth-order valence-corrected chi connectivity index (χ4v) is 7.78. The number of nitrogens with one attached hydrogen (secondary N) is 1. The van der Waals surface area contributed by atoms with Crippen molar-refractivity contribution in [3.05, 3.63) is 69.7 Å². The molecule has 37 heavy (non-hydrogen) atoms. The van der Waals surface area contributed by atoms with Crippen LogP contribution in [0.25, 0.3) is 0 Å². The lowest BCUT2D eigenvalue weighted by molar-refractivity contribution is -0.161. The minimum atomic E-state index is -2.96. The van der Waals surface area contributed by atoms with Crippen molar-refractivity contribution in [2.45, 2.75) is 65.0 Å². The number of rotatable bonds is 10. The van der Waals surface area contributed by atoms with Gasteiger partial charge in [0.05, 0.1) is 23.6 Å². The first-order valence-electron chi connectivity index (χ1n) is 12.6. The number of carbonyl (C=O) groups is 2. The van der Waals surface area contributed by atoms with Crippen molar-refractivity contribution in [2.75, 3.05) is 11.5 Å². The van der Waals surface area contributed by atoms with Crippen molar-refractivity contribution >= 4 is 44.8 Å². The fourth-order valence-electron chi connectivity index (χ4n) is 5.53. The van der Waals surface area contributed by atoms with Gasteiger partial charge in [-0.2, -0.15) is 0 Å². The molecule has 9 heteroatoms. The van der Waals surface area contributed by atoms with Crippen LogP contribution >= 0.6 is 23.2 Å². The highest BCUT2D eigenvalue weighted by Gasteiger charge is 2.53. The quantitative estimate of drug-likeness (QED) is 0.323. The number of carbonyl (C=O) groups excluding carboxylic acids is 1. The lowest BCUT2D eigenvalue weighted by atomic mass is 9.66. The molecule has 1 saturated heterocycles. The third-order valence-corrected chi connectivity index (χ3v) is 9.67. The minimum Gasteiger partial charge on any atom is -0.481 e. The third kappa shape index (κ3) is 6.87. The molecule has 1 amide bonds. The van der Waals surface area contributed by atoms with Gasteiger partial charge in [0.1, 0.15) is 0 Å². The second kappa shape index (κ2) is 11.7. The van der Waals surface area contributed by atoms with Crippen LogP contribution in [-0.2, 0) is 19.3 Å². The van der Waals surface area contributed by atoms with Gasteiger partial charge in [0.2, 0.25) is 5.91 Å². The van der Waals surface area contributed by atoms with Crippen LogP contribution in [0.2, 0.25) is 10.0 Å². The Morgan fingerprint density at radius 3 is 2.35 bits per heavy atom. The van der Waals surface area contributed by atoms with Gasteiger partial charge in [0.15, 0.2) is 0 Å². The van der Waals surface area contributed by atoms with Crippen LogP contribution in [0.5, 0.6) is 0 Å². The summed E-state index contributed by atoms with van der Waals surface area (Å²) in [4.78, 5) is 28.0. The molecule has 1 aliphatic heterocycles. The van der Waals surface area contributed by atoms with Crippen LogP contribution in [0.15, 0.2) is 48.5 Å². The monoisotopic (exact) mass is 566 g/mol. The minimum absolute atomic E-state index is 0.0275. The van der Waals surface area contributed by atoms with Crippen molar-refractivity contribution in [1.29, 1.82) is 4.78 Å². The van der Waals surface area contributed by atoms with Crippen LogP contribution in [0.4, 0.5) is 0 Å². The topological polar surface area (TPSA) is 98.5 Å². The first kappa shape index (κ1) is 29.5. The summed E-state index contributed by atoms with van der Waals surface area (Å²) < 4.78 is 21.8. The first-order valence-corrected chi connectivity index (χ1v) is 15.2. The summed E-state index contributed by atoms with van der Waals surface area (Å²) in [5.41, 5.74) is 0.546. The van der Waals surface area contributed by atoms with Gasteiger partial charge in [-0.05, 0) is 54.2 Å². The molecule has 0 spiro atoms. The molecule has 0 saturated carbocycles. The van der Waals surface area contributed by atoms with Gasteiger partial charge in [0.25, 0.3) is 0 Å². The fraction of sp³-hybridized carbons (Fsp3) is 0.500. The van der Waals surface area contributed by atoms with E-state index in [1.807, 2.05) is 51.1 Å². The highest BCUT2D eigenvalue weighted by Crippen LogP contribution is 2.52. The van der Waals surface area contributed by atoms with Crippen molar-refractivity contribution < 1.29 is 18.9 Å². The number of piperidine rings is 1. The van der Waals surface area contributed by atoms with Crippen molar-refractivity contribution in [1.82, 2.24) is 4.90 Å². The Bertz CT molecular complexity index is 1230. The summed E-state index contributed by atoms with van der Waals surface area (Å²) in [7, 11) is -2.96. The van der Waals surface area contributed by atoms with Gasteiger partial charge >= 0.3 is 5.97 Å². The average Bonchev–Trinajstić information content (AvgIpc) is 2.79. The third-order valence-electron chi connectivity index (χ3n) is 7.23. The molecule has 0 radical (unpaired) electrons. The molecule has 1 fully saturated rings. The molecule has 0 bridgehead atoms. The van der Waals surface area contributed by atoms with E-state index in [0.29, 0.717) is 22.9 Å². The van der Waals surface area contributed by atoms with Gasteiger partial charge in [-0.1, -0.05) is 75.2 Å². The van der Waals surface area contributed by atoms with Crippen LogP contribution in [0.1, 0.15) is 70.0 Å². The number of benzene rings is 2. The standard InChI is InChI=1S/C28H36Cl2N2O4S/c1-5-13-37(31,36)17-24(18(2)3)32-26(19-9-11-21(29)12-10-19)23(20-7-6-8-22(30)14-20)15-28(4,27(32)35)16-25(33)34/h6-12,14,18,23-24,26,31H,5,13,15-17H2,1-4H3,(H,33,34)/t23-,24-,26-,28-,37?/m1/s1. The maximum Gasteiger partial charge on any atom is 0.304 e. The van der Waals surface area contributed by atoms with E-state index in [9.17, 15) is 18.9 Å². The Morgan fingerprint density at radius 1 is 1.16 bits per heavy atom. The molecular weight excluding hydrogens is 531 g/mol. The number of likely N-dealkylation sites (tertiary alicyclic amines) is 1. The Kier molecular flexibility index (Phi) is 9.36. The highest BCUT2D eigenvalue weighted by molar-refractivity contribution is 7.92. The second-order valence-corrected chi connectivity index (χ2v) is 13.9. The molecule has 2 aromatic rings. The SMILES string of the molecule is CCCS(=N)(=O)C[C@H](C(C)C)N1C(=O)[C@@](C)(CC(=O)O)C[C@H](c2cccc(Cl)c2)[C@H]1c1ccc(Cl)cc1. The molecule has 3 rings (SSSR count). The van der Waals surface area contributed by atoms with Gasteiger partial charge in [-0.3, -0.25) is 14.4 Å². The number of carboxylic acids is 1. The predicted octanol–water partition coefficient (Wildman–Crippen LogP) is 7.01. The number of hydrogen-bond donors (Lipinski definition) is 2. The number of nitrogens with zero attached hydrogens (tertiary/aromatic N) is 1. The average molecular weight is 568 g/mol. The van der Waals surface area contributed by atoms with E-state index in [1.54, 1.807) is 30.0 Å².